The molecule has 25 heavy (non-hydrogen) atoms. The van der Waals surface area contributed by atoms with Gasteiger partial charge in [-0.25, -0.2) is 0 Å². The maximum atomic E-state index is 7.62. The molecule has 2 rings (SSSR count). The number of nitrogens with one attached hydrogen (secondary N) is 2. The van der Waals surface area contributed by atoms with E-state index in [1.165, 1.54) is 4.90 Å². The predicted octanol–water partition coefficient (Wildman–Crippen LogP) is 2.00. The lowest BCUT2D eigenvalue weighted by atomic mass is 10.3. The lowest BCUT2D eigenvalue weighted by molar-refractivity contribution is 0.235. The Morgan fingerprint density at radius 1 is 1.20 bits per heavy atom. The van der Waals surface area contributed by atoms with Crippen LogP contribution in [0.2, 0.25) is 0 Å². The summed E-state index contributed by atoms with van der Waals surface area (Å²) in [5.74, 6) is 1.50. The summed E-state index contributed by atoms with van der Waals surface area (Å²) in [6.07, 6.45) is 0.116. The Labute approximate surface area is 146 Å². The Morgan fingerprint density at radius 3 is 2.48 bits per heavy atom. The van der Waals surface area contributed by atoms with Crippen LogP contribution in [-0.2, 0) is 11.3 Å². The van der Waals surface area contributed by atoms with Gasteiger partial charge in [0.05, 0.1) is 6.10 Å². The zero-order chi connectivity index (χ0) is 18.4. The van der Waals surface area contributed by atoms with Crippen LogP contribution >= 0.6 is 0 Å². The van der Waals surface area contributed by atoms with Crippen molar-refractivity contribution in [3.8, 4) is 5.75 Å². The van der Waals surface area contributed by atoms with Gasteiger partial charge in [-0.05, 0) is 38.1 Å². The van der Waals surface area contributed by atoms with Crippen molar-refractivity contribution in [3.05, 3.63) is 30.1 Å². The number of anilines is 3. The molecular formula is C16H23N7O2. The lowest BCUT2D eigenvalue weighted by Crippen LogP contribution is -2.24. The summed E-state index contributed by atoms with van der Waals surface area (Å²) >= 11 is 0. The van der Waals surface area contributed by atoms with Gasteiger partial charge in [-0.2, -0.15) is 15.0 Å². The molecule has 0 aliphatic carbocycles. The van der Waals surface area contributed by atoms with Gasteiger partial charge in [0.25, 0.3) is 6.02 Å². The first kappa shape index (κ1) is 18.2. The van der Waals surface area contributed by atoms with E-state index in [2.05, 4.69) is 20.3 Å². The highest BCUT2D eigenvalue weighted by Gasteiger charge is 2.08. The predicted molar refractivity (Wildman–Crippen MR) is 95.9 cm³/mol. The van der Waals surface area contributed by atoms with Gasteiger partial charge in [0, 0.05) is 19.8 Å². The molecule has 0 atom stereocenters. The average molecular weight is 345 g/mol. The topological polar surface area (TPSA) is 122 Å². The first-order valence-electron chi connectivity index (χ1n) is 7.76. The summed E-state index contributed by atoms with van der Waals surface area (Å²) in [4.78, 5) is 13.8. The van der Waals surface area contributed by atoms with E-state index in [1.807, 2.05) is 38.1 Å². The monoisotopic (exact) mass is 345 g/mol. The zero-order valence-electron chi connectivity index (χ0n) is 14.8. The van der Waals surface area contributed by atoms with Gasteiger partial charge in [0.2, 0.25) is 11.9 Å². The standard InChI is InChI=1S/C16H23N7O2/c1-10(2)25-12-7-5-11(6-8-12)19-16-21-13(20-14(17)22-16)9-24-15(18)23(3)4/h5-8,10,18H,9H2,1-4H3,(H3,17,19,20,21,22). The van der Waals surface area contributed by atoms with Crippen LogP contribution in [0.3, 0.4) is 0 Å². The van der Waals surface area contributed by atoms with E-state index in [1.54, 1.807) is 14.1 Å². The van der Waals surface area contributed by atoms with Crippen LogP contribution in [0.15, 0.2) is 24.3 Å². The normalized spacial score (nSPS) is 10.4. The van der Waals surface area contributed by atoms with Gasteiger partial charge >= 0.3 is 0 Å². The van der Waals surface area contributed by atoms with Crippen LogP contribution in [0.4, 0.5) is 17.6 Å². The van der Waals surface area contributed by atoms with Gasteiger partial charge in [-0.1, -0.05) is 0 Å². The third kappa shape index (κ3) is 5.79. The summed E-state index contributed by atoms with van der Waals surface area (Å²) in [5, 5.41) is 10.7. The van der Waals surface area contributed by atoms with Gasteiger partial charge in [0.1, 0.15) is 5.75 Å². The van der Waals surface area contributed by atoms with Crippen LogP contribution < -0.4 is 15.8 Å². The molecule has 0 fully saturated rings. The van der Waals surface area contributed by atoms with Crippen LogP contribution in [0.25, 0.3) is 0 Å². The second-order valence-corrected chi connectivity index (χ2v) is 5.74. The molecule has 0 saturated heterocycles. The van der Waals surface area contributed by atoms with Crippen molar-refractivity contribution < 1.29 is 9.47 Å². The SMILES string of the molecule is CC(C)Oc1ccc(Nc2nc(N)nc(COC(=N)N(C)C)n2)cc1. The fourth-order valence-corrected chi connectivity index (χ4v) is 1.84. The molecule has 0 radical (unpaired) electrons. The fourth-order valence-electron chi connectivity index (χ4n) is 1.84. The second-order valence-electron chi connectivity index (χ2n) is 5.74. The van der Waals surface area contributed by atoms with Crippen molar-refractivity contribution >= 4 is 23.6 Å². The van der Waals surface area contributed by atoms with E-state index >= 15 is 0 Å². The molecule has 134 valence electrons. The Balaban J connectivity index is 2.05. The van der Waals surface area contributed by atoms with Crippen molar-refractivity contribution in [1.29, 1.82) is 5.41 Å². The summed E-state index contributed by atoms with van der Waals surface area (Å²) in [6.45, 7) is 3.97. The molecule has 4 N–H and O–H groups in total. The third-order valence-electron chi connectivity index (χ3n) is 2.93. The van der Waals surface area contributed by atoms with E-state index in [4.69, 9.17) is 20.6 Å². The largest absolute Gasteiger partial charge is 0.491 e. The fraction of sp³-hybridized carbons (Fsp3) is 0.375. The van der Waals surface area contributed by atoms with Crippen molar-refractivity contribution in [1.82, 2.24) is 19.9 Å². The highest BCUT2D eigenvalue weighted by molar-refractivity contribution is 5.69. The molecular weight excluding hydrogens is 322 g/mol. The quantitative estimate of drug-likeness (QED) is 0.537. The maximum absolute atomic E-state index is 7.62. The summed E-state index contributed by atoms with van der Waals surface area (Å²) in [6, 6.07) is 7.43. The van der Waals surface area contributed by atoms with E-state index in [9.17, 15) is 0 Å². The van der Waals surface area contributed by atoms with Crippen LogP contribution in [0.1, 0.15) is 19.7 Å². The molecule has 9 nitrogen and oxygen atoms in total. The molecule has 0 aliphatic rings. The van der Waals surface area contributed by atoms with Gasteiger partial charge in [0.15, 0.2) is 12.4 Å². The average Bonchev–Trinajstić information content (AvgIpc) is 2.53. The van der Waals surface area contributed by atoms with Crippen molar-refractivity contribution in [2.24, 2.45) is 0 Å². The molecule has 0 amide bonds. The molecule has 1 aromatic heterocycles. The molecule has 0 unspecified atom stereocenters. The number of nitrogens with two attached hydrogens (primary N) is 1. The minimum Gasteiger partial charge on any atom is -0.491 e. The summed E-state index contributed by atoms with van der Waals surface area (Å²) in [5.41, 5.74) is 6.50. The number of rotatable bonds is 6. The van der Waals surface area contributed by atoms with Gasteiger partial charge in [-0.15, -0.1) is 0 Å². The molecule has 9 heteroatoms. The van der Waals surface area contributed by atoms with Crippen LogP contribution in [0.5, 0.6) is 5.75 Å². The molecule has 0 aliphatic heterocycles. The van der Waals surface area contributed by atoms with Crippen molar-refractivity contribution in [2.75, 3.05) is 25.1 Å². The Morgan fingerprint density at radius 2 is 1.88 bits per heavy atom. The number of benzene rings is 1. The molecule has 0 spiro atoms. The van der Waals surface area contributed by atoms with E-state index in [-0.39, 0.29) is 24.7 Å². The number of hydrogen-bond donors (Lipinski definition) is 3. The van der Waals surface area contributed by atoms with E-state index in [0.29, 0.717) is 11.8 Å². The third-order valence-corrected chi connectivity index (χ3v) is 2.93. The molecule has 1 aromatic carbocycles. The number of nitrogens with zero attached hydrogens (tertiary/aromatic N) is 4. The second kappa shape index (κ2) is 8.13. The highest BCUT2D eigenvalue weighted by Crippen LogP contribution is 2.19. The molecule has 0 saturated carbocycles. The maximum Gasteiger partial charge on any atom is 0.284 e. The summed E-state index contributed by atoms with van der Waals surface area (Å²) in [7, 11) is 3.42. The lowest BCUT2D eigenvalue weighted by Gasteiger charge is -2.14. The highest BCUT2D eigenvalue weighted by atomic mass is 16.5. The van der Waals surface area contributed by atoms with Crippen LogP contribution in [0, 0.1) is 5.41 Å². The van der Waals surface area contributed by atoms with Gasteiger partial charge < -0.3 is 25.4 Å². The number of aromatic nitrogens is 3. The van der Waals surface area contributed by atoms with Crippen molar-refractivity contribution in [3.63, 3.8) is 0 Å². The Bertz CT molecular complexity index is 717. The van der Waals surface area contributed by atoms with Crippen molar-refractivity contribution in [2.45, 2.75) is 26.6 Å². The Hall–Kier alpha value is -3.10. The minimum absolute atomic E-state index is 0.00855. The number of hydrogen-bond acceptors (Lipinski definition) is 8. The minimum atomic E-state index is 0.00855. The van der Waals surface area contributed by atoms with Gasteiger partial charge in [-0.3, -0.25) is 5.41 Å². The first-order chi connectivity index (χ1) is 11.8. The van der Waals surface area contributed by atoms with E-state index < -0.39 is 0 Å². The number of ether oxygens (including phenoxy) is 2. The molecule has 0 bridgehead atoms. The molecule has 2 aromatic rings. The summed E-state index contributed by atoms with van der Waals surface area (Å²) < 4.78 is 10.9. The first-order valence-corrected chi connectivity index (χ1v) is 7.76. The molecule has 1 heterocycles. The smallest absolute Gasteiger partial charge is 0.284 e. The van der Waals surface area contributed by atoms with E-state index in [0.717, 1.165) is 11.4 Å². The zero-order valence-corrected chi connectivity index (χ0v) is 14.8. The Kier molecular flexibility index (Phi) is 5.93. The van der Waals surface area contributed by atoms with Crippen LogP contribution in [-0.4, -0.2) is 46.1 Å². The number of amidine groups is 1. The number of nitrogen functional groups attached to an aromatic ring is 1.